The molecule has 0 aliphatic rings. The van der Waals surface area contributed by atoms with Crippen LogP contribution in [0.25, 0.3) is 0 Å². The summed E-state index contributed by atoms with van der Waals surface area (Å²) in [4.78, 5) is 0. The first-order valence-corrected chi connectivity index (χ1v) is 5.27. The van der Waals surface area contributed by atoms with Crippen LogP contribution in [0.5, 0.6) is 0 Å². The molecule has 0 rings (SSSR count). The molecule has 0 radical (unpaired) electrons. The minimum Gasteiger partial charge on any atom is -0.320 e. The summed E-state index contributed by atoms with van der Waals surface area (Å²) >= 11 is 0. The van der Waals surface area contributed by atoms with E-state index in [1.54, 1.807) is 13.3 Å². The van der Waals surface area contributed by atoms with Gasteiger partial charge in [-0.1, -0.05) is 6.08 Å². The SMILES string of the molecule is CC=C(C)P(C)(C)=O. The highest BCUT2D eigenvalue weighted by Gasteiger charge is 2.06. The molecule has 2 heteroatoms. The molecular formula is C6H13OP. The van der Waals surface area contributed by atoms with Crippen molar-refractivity contribution < 1.29 is 4.57 Å². The van der Waals surface area contributed by atoms with Crippen molar-refractivity contribution in [2.75, 3.05) is 13.3 Å². The first-order valence-electron chi connectivity index (χ1n) is 2.67. The van der Waals surface area contributed by atoms with Crippen LogP contribution in [-0.2, 0) is 4.57 Å². The predicted octanol–water partition coefficient (Wildman–Crippen LogP) is 2.53. The van der Waals surface area contributed by atoms with Crippen LogP contribution in [0.3, 0.4) is 0 Å². The highest BCUT2D eigenvalue weighted by molar-refractivity contribution is 7.66. The first kappa shape index (κ1) is 7.97. The van der Waals surface area contributed by atoms with Crippen molar-refractivity contribution in [2.24, 2.45) is 0 Å². The van der Waals surface area contributed by atoms with E-state index in [0.717, 1.165) is 5.31 Å². The second-order valence-corrected chi connectivity index (χ2v) is 5.69. The molecule has 0 spiro atoms. The summed E-state index contributed by atoms with van der Waals surface area (Å²) < 4.78 is 11.1. The quantitative estimate of drug-likeness (QED) is 0.501. The van der Waals surface area contributed by atoms with Gasteiger partial charge in [-0.05, 0) is 32.5 Å². The average Bonchev–Trinajstić information content (AvgIpc) is 1.62. The molecule has 0 bridgehead atoms. The summed E-state index contributed by atoms with van der Waals surface area (Å²) in [5.41, 5.74) is 0. The zero-order valence-corrected chi connectivity index (χ0v) is 6.83. The van der Waals surface area contributed by atoms with E-state index in [0.29, 0.717) is 0 Å². The van der Waals surface area contributed by atoms with Crippen LogP contribution >= 0.6 is 7.14 Å². The van der Waals surface area contributed by atoms with Crippen molar-refractivity contribution in [2.45, 2.75) is 13.8 Å². The average molecular weight is 132 g/mol. The molecule has 0 saturated heterocycles. The molecule has 0 aliphatic carbocycles. The third-order valence-electron chi connectivity index (χ3n) is 1.27. The van der Waals surface area contributed by atoms with Gasteiger partial charge in [0.2, 0.25) is 0 Å². The van der Waals surface area contributed by atoms with Crippen LogP contribution < -0.4 is 0 Å². The van der Waals surface area contributed by atoms with E-state index in [4.69, 9.17) is 0 Å². The number of hydrogen-bond acceptors (Lipinski definition) is 1. The summed E-state index contributed by atoms with van der Waals surface area (Å²) in [7, 11) is -1.90. The maximum atomic E-state index is 11.1. The Morgan fingerprint density at radius 3 is 1.88 bits per heavy atom. The Morgan fingerprint density at radius 1 is 1.50 bits per heavy atom. The van der Waals surface area contributed by atoms with Gasteiger partial charge in [-0.3, -0.25) is 0 Å². The van der Waals surface area contributed by atoms with Gasteiger partial charge in [0, 0.05) is 0 Å². The molecule has 48 valence electrons. The largest absolute Gasteiger partial charge is 0.320 e. The highest BCUT2D eigenvalue weighted by Crippen LogP contribution is 2.45. The van der Waals surface area contributed by atoms with Crippen molar-refractivity contribution in [3.8, 4) is 0 Å². The topological polar surface area (TPSA) is 17.1 Å². The van der Waals surface area contributed by atoms with E-state index >= 15 is 0 Å². The van der Waals surface area contributed by atoms with Gasteiger partial charge in [0.1, 0.15) is 7.14 Å². The van der Waals surface area contributed by atoms with E-state index < -0.39 is 7.14 Å². The van der Waals surface area contributed by atoms with Crippen LogP contribution in [-0.4, -0.2) is 13.3 Å². The first-order chi connectivity index (χ1) is 3.48. The molecule has 0 amide bonds. The smallest absolute Gasteiger partial charge is 0.105 e. The summed E-state index contributed by atoms with van der Waals surface area (Å²) in [5.74, 6) is 0. The van der Waals surface area contributed by atoms with Crippen molar-refractivity contribution in [1.82, 2.24) is 0 Å². The van der Waals surface area contributed by atoms with Gasteiger partial charge in [0.25, 0.3) is 0 Å². The third-order valence-corrected chi connectivity index (χ3v) is 3.22. The molecular weight excluding hydrogens is 119 g/mol. The lowest BCUT2D eigenvalue weighted by Crippen LogP contribution is -1.74. The number of allylic oxidation sites excluding steroid dienone is 2. The summed E-state index contributed by atoms with van der Waals surface area (Å²) in [6.45, 7) is 7.38. The zero-order chi connectivity index (χ0) is 6.78. The molecule has 0 fully saturated rings. The Bertz CT molecular complexity index is 141. The van der Waals surface area contributed by atoms with E-state index in [2.05, 4.69) is 0 Å². The molecule has 0 aromatic heterocycles. The molecule has 0 unspecified atom stereocenters. The van der Waals surface area contributed by atoms with Crippen LogP contribution in [0.2, 0.25) is 0 Å². The molecule has 0 N–H and O–H groups in total. The van der Waals surface area contributed by atoms with Crippen molar-refractivity contribution >= 4 is 7.14 Å². The van der Waals surface area contributed by atoms with Gasteiger partial charge < -0.3 is 4.57 Å². The maximum Gasteiger partial charge on any atom is 0.105 e. The lowest BCUT2D eigenvalue weighted by atomic mass is 10.6. The van der Waals surface area contributed by atoms with E-state index in [-0.39, 0.29) is 0 Å². The number of hydrogen-bond donors (Lipinski definition) is 0. The van der Waals surface area contributed by atoms with Crippen LogP contribution in [0, 0.1) is 0 Å². The molecule has 8 heavy (non-hydrogen) atoms. The lowest BCUT2D eigenvalue weighted by molar-refractivity contribution is 0.586. The minimum atomic E-state index is -1.90. The fourth-order valence-corrected chi connectivity index (χ4v) is 0.933. The molecule has 0 atom stereocenters. The van der Waals surface area contributed by atoms with Crippen LogP contribution in [0.1, 0.15) is 13.8 Å². The molecule has 1 nitrogen and oxygen atoms in total. The van der Waals surface area contributed by atoms with Crippen molar-refractivity contribution in [1.29, 1.82) is 0 Å². The Hall–Kier alpha value is -0.0300. The van der Waals surface area contributed by atoms with E-state index in [1.807, 2.05) is 19.9 Å². The Kier molecular flexibility index (Phi) is 2.49. The second kappa shape index (κ2) is 2.50. The van der Waals surface area contributed by atoms with Gasteiger partial charge in [-0.15, -0.1) is 0 Å². The monoisotopic (exact) mass is 132 g/mol. The molecule has 0 aromatic rings. The third kappa shape index (κ3) is 2.32. The van der Waals surface area contributed by atoms with Gasteiger partial charge in [0.05, 0.1) is 0 Å². The van der Waals surface area contributed by atoms with Crippen molar-refractivity contribution in [3.63, 3.8) is 0 Å². The molecule has 0 aromatic carbocycles. The number of rotatable bonds is 1. The summed E-state index contributed by atoms with van der Waals surface area (Å²) in [6, 6.07) is 0. The van der Waals surface area contributed by atoms with Gasteiger partial charge in [-0.2, -0.15) is 0 Å². The van der Waals surface area contributed by atoms with Gasteiger partial charge in [0.15, 0.2) is 0 Å². The van der Waals surface area contributed by atoms with Crippen LogP contribution in [0.4, 0.5) is 0 Å². The Labute approximate surface area is 51.2 Å². The van der Waals surface area contributed by atoms with Gasteiger partial charge in [-0.25, -0.2) is 0 Å². The molecule has 0 aliphatic heterocycles. The highest BCUT2D eigenvalue weighted by atomic mass is 31.2. The van der Waals surface area contributed by atoms with Gasteiger partial charge >= 0.3 is 0 Å². The van der Waals surface area contributed by atoms with E-state index in [1.165, 1.54) is 0 Å². The van der Waals surface area contributed by atoms with Crippen LogP contribution in [0.15, 0.2) is 11.4 Å². The molecule has 0 heterocycles. The Balaban J connectivity index is 4.27. The fraction of sp³-hybridized carbons (Fsp3) is 0.667. The summed E-state index contributed by atoms with van der Waals surface area (Å²) in [5, 5.41) is 1.01. The zero-order valence-electron chi connectivity index (χ0n) is 5.93. The molecule has 0 saturated carbocycles. The maximum absolute atomic E-state index is 11.1. The summed E-state index contributed by atoms with van der Waals surface area (Å²) in [6.07, 6.45) is 1.90. The normalized spacial score (nSPS) is 14.2. The standard InChI is InChI=1S/C6H13OP/c1-5-6(2)8(3,4)7/h5H,1-4H3. The Morgan fingerprint density at radius 2 is 1.88 bits per heavy atom. The van der Waals surface area contributed by atoms with Crippen molar-refractivity contribution in [3.05, 3.63) is 11.4 Å². The predicted molar refractivity (Wildman–Crippen MR) is 38.9 cm³/mol. The van der Waals surface area contributed by atoms with E-state index in [9.17, 15) is 4.57 Å². The second-order valence-electron chi connectivity index (χ2n) is 2.28. The lowest BCUT2D eigenvalue weighted by Gasteiger charge is -2.03. The fourth-order valence-electron chi connectivity index (χ4n) is 0.311. The minimum absolute atomic E-state index is 1.01.